The molecule has 1 aliphatic heterocycles. The third kappa shape index (κ3) is 1.86. The number of benzene rings is 1. The molecule has 1 amide bonds. The highest BCUT2D eigenvalue weighted by Crippen LogP contribution is 2.39. The summed E-state index contributed by atoms with van der Waals surface area (Å²) in [4.78, 5) is 22.7. The van der Waals surface area contributed by atoms with Crippen molar-refractivity contribution in [3.05, 3.63) is 28.7 Å². The fourth-order valence-corrected chi connectivity index (χ4v) is 3.12. The van der Waals surface area contributed by atoms with E-state index in [-0.39, 0.29) is 11.3 Å². The van der Waals surface area contributed by atoms with Crippen molar-refractivity contribution in [2.24, 2.45) is 5.41 Å². The minimum absolute atomic E-state index is 0.119. The molecule has 0 unspecified atom stereocenters. The summed E-state index contributed by atoms with van der Waals surface area (Å²) >= 11 is 6.19. The van der Waals surface area contributed by atoms with Crippen LogP contribution in [0.4, 0.5) is 5.69 Å². The first-order valence-corrected chi connectivity index (χ1v) is 6.92. The van der Waals surface area contributed by atoms with Gasteiger partial charge in [0.2, 0.25) is 5.91 Å². The minimum Gasteiger partial charge on any atom is -0.315 e. The van der Waals surface area contributed by atoms with Gasteiger partial charge in [0, 0.05) is 23.5 Å². The molecule has 0 radical (unpaired) electrons. The summed E-state index contributed by atoms with van der Waals surface area (Å²) in [7, 11) is 1.80. The van der Waals surface area contributed by atoms with Crippen LogP contribution < -0.4 is 4.90 Å². The average molecular weight is 290 g/mol. The Kier molecular flexibility index (Phi) is 2.77. The molecular weight excluding hydrogens is 274 g/mol. The topological polar surface area (TPSA) is 46.1 Å². The zero-order valence-electron chi connectivity index (χ0n) is 12.0. The summed E-state index contributed by atoms with van der Waals surface area (Å²) < 4.78 is 0. The number of hydrogen-bond donors (Lipinski definition) is 0. The molecule has 0 bridgehead atoms. The van der Waals surface area contributed by atoms with E-state index in [4.69, 9.17) is 11.6 Å². The lowest BCUT2D eigenvalue weighted by atomic mass is 9.80. The highest BCUT2D eigenvalue weighted by Gasteiger charge is 2.37. The summed E-state index contributed by atoms with van der Waals surface area (Å²) in [6.07, 6.45) is 0.710. The molecule has 0 atom stereocenters. The predicted molar refractivity (Wildman–Crippen MR) is 80.2 cm³/mol. The monoisotopic (exact) mass is 289 g/mol. The molecule has 3 rings (SSSR count). The van der Waals surface area contributed by atoms with Gasteiger partial charge in [0.1, 0.15) is 11.0 Å². The lowest BCUT2D eigenvalue weighted by Gasteiger charge is -2.36. The Hall–Kier alpha value is -1.68. The van der Waals surface area contributed by atoms with Crippen molar-refractivity contribution in [1.29, 1.82) is 0 Å². The molecule has 0 aliphatic carbocycles. The normalized spacial score (nSPS) is 17.4. The molecule has 4 nitrogen and oxygen atoms in total. The molecule has 1 aromatic carbocycles. The number of carbonyl (C=O) groups excluding carboxylic acids is 1. The van der Waals surface area contributed by atoms with E-state index < -0.39 is 0 Å². The lowest BCUT2D eigenvalue weighted by Crippen LogP contribution is -2.44. The molecule has 20 heavy (non-hydrogen) atoms. The largest absolute Gasteiger partial charge is 0.315 e. The maximum Gasteiger partial charge on any atom is 0.232 e. The molecule has 2 heterocycles. The zero-order chi connectivity index (χ0) is 14.7. The number of rotatable bonds is 0. The Morgan fingerprint density at radius 1 is 1.30 bits per heavy atom. The van der Waals surface area contributed by atoms with Crippen molar-refractivity contribution in [2.45, 2.75) is 27.2 Å². The van der Waals surface area contributed by atoms with Crippen LogP contribution >= 0.6 is 11.6 Å². The summed E-state index contributed by atoms with van der Waals surface area (Å²) in [5.41, 5.74) is 2.47. The van der Waals surface area contributed by atoms with Gasteiger partial charge in [-0.05, 0) is 31.0 Å². The Labute approximate surface area is 122 Å². The van der Waals surface area contributed by atoms with Crippen LogP contribution in [0.5, 0.6) is 0 Å². The number of carbonyl (C=O) groups is 1. The van der Waals surface area contributed by atoms with Crippen LogP contribution in [0.3, 0.4) is 0 Å². The van der Waals surface area contributed by atoms with Crippen LogP contribution in [0.25, 0.3) is 10.9 Å². The lowest BCUT2D eigenvalue weighted by molar-refractivity contribution is -0.126. The number of nitrogens with zero attached hydrogens (tertiary/aromatic N) is 3. The maximum atomic E-state index is 12.3. The van der Waals surface area contributed by atoms with Gasteiger partial charge in [-0.25, -0.2) is 9.97 Å². The van der Waals surface area contributed by atoms with Gasteiger partial charge in [-0.2, -0.15) is 0 Å². The molecule has 0 spiro atoms. The number of aryl methyl sites for hydroxylation is 1. The molecule has 1 aliphatic rings. The van der Waals surface area contributed by atoms with E-state index in [0.29, 0.717) is 17.4 Å². The summed E-state index contributed by atoms with van der Waals surface area (Å²) in [5.74, 6) is 0.774. The maximum absolute atomic E-state index is 12.3. The van der Waals surface area contributed by atoms with Gasteiger partial charge in [-0.3, -0.25) is 4.79 Å². The molecule has 5 heteroatoms. The molecule has 1 aromatic heterocycles. The number of halogens is 1. The van der Waals surface area contributed by atoms with Crippen LogP contribution in [0, 0.1) is 12.3 Å². The van der Waals surface area contributed by atoms with Crippen molar-refractivity contribution in [1.82, 2.24) is 9.97 Å². The molecule has 0 fully saturated rings. The average Bonchev–Trinajstić information content (AvgIpc) is 2.34. The van der Waals surface area contributed by atoms with Gasteiger partial charge < -0.3 is 4.90 Å². The molecular formula is C15H16ClN3O. The third-order valence-corrected chi connectivity index (χ3v) is 4.13. The Bertz CT molecular complexity index is 739. The van der Waals surface area contributed by atoms with E-state index >= 15 is 0 Å². The van der Waals surface area contributed by atoms with Crippen molar-refractivity contribution < 1.29 is 4.79 Å². The van der Waals surface area contributed by atoms with Crippen molar-refractivity contribution in [3.63, 3.8) is 0 Å². The van der Waals surface area contributed by atoms with Crippen molar-refractivity contribution in [2.75, 3.05) is 11.9 Å². The van der Waals surface area contributed by atoms with E-state index in [9.17, 15) is 4.79 Å². The Morgan fingerprint density at radius 2 is 2.00 bits per heavy atom. The van der Waals surface area contributed by atoms with Crippen LogP contribution in [0.1, 0.15) is 25.2 Å². The molecule has 2 aromatic rings. The number of hydrogen-bond acceptors (Lipinski definition) is 3. The number of fused-ring (bicyclic) bond motifs is 2. The van der Waals surface area contributed by atoms with Gasteiger partial charge in [0.15, 0.2) is 0 Å². The van der Waals surface area contributed by atoms with Gasteiger partial charge in [0.05, 0.1) is 5.52 Å². The van der Waals surface area contributed by atoms with E-state index in [1.165, 1.54) is 0 Å². The first-order chi connectivity index (χ1) is 9.29. The minimum atomic E-state index is -0.388. The van der Waals surface area contributed by atoms with Crippen molar-refractivity contribution in [3.8, 4) is 0 Å². The van der Waals surface area contributed by atoms with Crippen molar-refractivity contribution >= 4 is 34.1 Å². The second-order valence-corrected chi connectivity index (χ2v) is 6.34. The van der Waals surface area contributed by atoms with E-state index in [0.717, 1.165) is 22.2 Å². The number of anilines is 1. The van der Waals surface area contributed by atoms with Gasteiger partial charge in [-0.1, -0.05) is 25.4 Å². The molecule has 0 N–H and O–H groups in total. The Morgan fingerprint density at radius 3 is 2.70 bits per heavy atom. The quantitative estimate of drug-likeness (QED) is 0.700. The van der Waals surface area contributed by atoms with Gasteiger partial charge in [0.25, 0.3) is 0 Å². The van der Waals surface area contributed by atoms with Crippen LogP contribution in [-0.4, -0.2) is 22.9 Å². The number of aromatic nitrogens is 2. The summed E-state index contributed by atoms with van der Waals surface area (Å²) in [5, 5.41) is 1.22. The first-order valence-electron chi connectivity index (χ1n) is 6.54. The Balaban J connectivity index is 2.30. The highest BCUT2D eigenvalue weighted by molar-refractivity contribution is 6.34. The number of amides is 1. The summed E-state index contributed by atoms with van der Waals surface area (Å²) in [6.45, 7) is 5.76. The van der Waals surface area contributed by atoms with Crippen LogP contribution in [0.15, 0.2) is 12.1 Å². The fraction of sp³-hybridized carbons (Fsp3) is 0.400. The second-order valence-electron chi connectivity index (χ2n) is 5.98. The first kappa shape index (κ1) is 13.3. The van der Waals surface area contributed by atoms with E-state index in [1.807, 2.05) is 32.9 Å². The molecule has 0 saturated heterocycles. The van der Waals surface area contributed by atoms with Crippen LogP contribution in [0.2, 0.25) is 5.15 Å². The second kappa shape index (κ2) is 4.16. The zero-order valence-corrected chi connectivity index (χ0v) is 12.7. The summed E-state index contributed by atoms with van der Waals surface area (Å²) in [6, 6.07) is 3.94. The van der Waals surface area contributed by atoms with E-state index in [1.54, 1.807) is 11.9 Å². The smallest absolute Gasteiger partial charge is 0.232 e. The van der Waals surface area contributed by atoms with Crippen LogP contribution in [-0.2, 0) is 11.2 Å². The van der Waals surface area contributed by atoms with Gasteiger partial charge >= 0.3 is 0 Å². The SMILES string of the molecule is Cc1nc(Cl)c2cc3c(cc2n1)CC(C)(C)C(=O)N3C. The standard InChI is InChI=1S/C15H16ClN3O/c1-8-17-11-5-9-7-15(2,3)14(20)19(4)12(9)6-10(11)13(16)18-8/h5-6H,7H2,1-4H3. The van der Waals surface area contributed by atoms with Gasteiger partial charge in [-0.15, -0.1) is 0 Å². The molecule has 0 saturated carbocycles. The fourth-order valence-electron chi connectivity index (χ4n) is 2.85. The highest BCUT2D eigenvalue weighted by atomic mass is 35.5. The third-order valence-electron chi connectivity index (χ3n) is 3.84. The van der Waals surface area contributed by atoms with E-state index in [2.05, 4.69) is 9.97 Å². The predicted octanol–water partition coefficient (Wildman–Crippen LogP) is 3.14. The molecule has 104 valence electrons.